The van der Waals surface area contributed by atoms with Crippen LogP contribution in [0.4, 0.5) is 5.69 Å². The molecule has 0 radical (unpaired) electrons. The molecule has 0 fully saturated rings. The molecular weight excluding hydrogens is 326 g/mol. The van der Waals surface area contributed by atoms with Crippen molar-refractivity contribution in [2.45, 2.75) is 12.8 Å². The molecule has 0 atom stereocenters. The van der Waals surface area contributed by atoms with Crippen LogP contribution in [0.5, 0.6) is 0 Å². The number of carbonyl (C=O) groups is 1. The molecule has 0 aliphatic heterocycles. The number of anilines is 1. The highest BCUT2D eigenvalue weighted by molar-refractivity contribution is 9.10. The number of halogens is 2. The summed E-state index contributed by atoms with van der Waals surface area (Å²) in [6.07, 6.45) is 0. The Hall–Kier alpha value is -1.32. The lowest BCUT2D eigenvalue weighted by atomic mass is 10.1. The van der Waals surface area contributed by atoms with E-state index in [9.17, 15) is 4.79 Å². The number of para-hydroxylation sites is 1. The molecule has 98 valence electrons. The number of hydrogen-bond acceptors (Lipinski definition) is 1. The lowest BCUT2D eigenvalue weighted by Gasteiger charge is -2.10. The van der Waals surface area contributed by atoms with E-state index < -0.39 is 0 Å². The van der Waals surface area contributed by atoms with Gasteiger partial charge >= 0.3 is 0 Å². The van der Waals surface area contributed by atoms with Gasteiger partial charge in [0.05, 0.1) is 0 Å². The van der Waals surface area contributed by atoms with Crippen molar-refractivity contribution in [3.63, 3.8) is 0 Å². The lowest BCUT2D eigenvalue weighted by molar-refractivity contribution is 0.102. The smallest absolute Gasteiger partial charge is 0.255 e. The zero-order chi connectivity index (χ0) is 13.8. The van der Waals surface area contributed by atoms with Gasteiger partial charge in [0.2, 0.25) is 0 Å². The molecule has 0 saturated carbocycles. The van der Waals surface area contributed by atoms with E-state index in [2.05, 4.69) is 21.2 Å². The molecule has 0 unspecified atom stereocenters. The largest absolute Gasteiger partial charge is 0.322 e. The van der Waals surface area contributed by atoms with Crippen molar-refractivity contribution in [2.24, 2.45) is 0 Å². The van der Waals surface area contributed by atoms with Crippen molar-refractivity contribution < 1.29 is 4.79 Å². The maximum absolute atomic E-state index is 12.2. The van der Waals surface area contributed by atoms with Gasteiger partial charge in [-0.25, -0.2) is 0 Å². The highest BCUT2D eigenvalue weighted by atomic mass is 79.9. The zero-order valence-electron chi connectivity index (χ0n) is 10.4. The summed E-state index contributed by atoms with van der Waals surface area (Å²) in [5.41, 5.74) is 3.31. The Kier molecular flexibility index (Phi) is 4.61. The summed E-state index contributed by atoms with van der Waals surface area (Å²) in [5.74, 6) is 0.232. The molecule has 2 nitrogen and oxygen atoms in total. The second-order valence-corrected chi connectivity index (χ2v) is 5.45. The molecule has 0 aromatic heterocycles. The first-order valence-corrected chi connectivity index (χ1v) is 7.15. The maximum atomic E-state index is 12.2. The standard InChI is InChI=1S/C15H13BrClNO/c1-10-6-12(8-13(16)7-10)15(19)18-14-5-3-2-4-11(14)9-17/h2-8H,9H2,1H3,(H,18,19). The SMILES string of the molecule is Cc1cc(Br)cc(C(=O)Nc2ccccc2CCl)c1. The average Bonchev–Trinajstić information content (AvgIpc) is 2.38. The zero-order valence-corrected chi connectivity index (χ0v) is 12.8. The summed E-state index contributed by atoms with van der Waals surface area (Å²) in [4.78, 5) is 12.2. The molecule has 0 aliphatic carbocycles. The van der Waals surface area contributed by atoms with Gasteiger partial charge in [-0.2, -0.15) is 0 Å². The van der Waals surface area contributed by atoms with E-state index in [4.69, 9.17) is 11.6 Å². The van der Waals surface area contributed by atoms with Gasteiger partial charge in [-0.15, -0.1) is 11.6 Å². The predicted molar refractivity (Wildman–Crippen MR) is 82.8 cm³/mol. The van der Waals surface area contributed by atoms with Crippen LogP contribution in [0.3, 0.4) is 0 Å². The van der Waals surface area contributed by atoms with E-state index in [-0.39, 0.29) is 5.91 Å². The number of amides is 1. The Labute approximate surface area is 125 Å². The quantitative estimate of drug-likeness (QED) is 0.804. The Morgan fingerprint density at radius 1 is 1.26 bits per heavy atom. The van der Waals surface area contributed by atoms with Gasteiger partial charge in [-0.3, -0.25) is 4.79 Å². The van der Waals surface area contributed by atoms with Crippen LogP contribution in [-0.2, 0) is 5.88 Å². The Morgan fingerprint density at radius 3 is 2.68 bits per heavy atom. The Bertz CT molecular complexity index is 593. The highest BCUT2D eigenvalue weighted by Gasteiger charge is 2.09. The highest BCUT2D eigenvalue weighted by Crippen LogP contribution is 2.20. The number of nitrogens with one attached hydrogen (secondary N) is 1. The van der Waals surface area contributed by atoms with Crippen LogP contribution in [0.25, 0.3) is 0 Å². The van der Waals surface area contributed by atoms with Gasteiger partial charge in [0.25, 0.3) is 5.91 Å². The minimum absolute atomic E-state index is 0.137. The number of rotatable bonds is 3. The first-order valence-electron chi connectivity index (χ1n) is 5.82. The average molecular weight is 339 g/mol. The van der Waals surface area contributed by atoms with Gasteiger partial charge < -0.3 is 5.32 Å². The number of aryl methyl sites for hydroxylation is 1. The van der Waals surface area contributed by atoms with Gasteiger partial charge in [0, 0.05) is 21.6 Å². The third kappa shape index (κ3) is 3.58. The minimum Gasteiger partial charge on any atom is -0.322 e. The van der Waals surface area contributed by atoms with E-state index in [0.29, 0.717) is 11.4 Å². The Morgan fingerprint density at radius 2 is 2.00 bits per heavy atom. The molecular formula is C15H13BrClNO. The molecule has 2 aromatic carbocycles. The summed E-state index contributed by atoms with van der Waals surface area (Å²) < 4.78 is 0.892. The normalized spacial score (nSPS) is 10.3. The van der Waals surface area contributed by atoms with Crippen LogP contribution in [0.1, 0.15) is 21.5 Å². The summed E-state index contributed by atoms with van der Waals surface area (Å²) in [5, 5.41) is 2.89. The predicted octanol–water partition coefficient (Wildman–Crippen LogP) is 4.75. The van der Waals surface area contributed by atoms with Crippen molar-refractivity contribution in [3.8, 4) is 0 Å². The summed E-state index contributed by atoms with van der Waals surface area (Å²) in [6, 6.07) is 13.1. The second kappa shape index (κ2) is 6.22. The number of carbonyl (C=O) groups excluding carboxylic acids is 1. The van der Waals surface area contributed by atoms with Crippen molar-refractivity contribution in [2.75, 3.05) is 5.32 Å². The number of alkyl halides is 1. The topological polar surface area (TPSA) is 29.1 Å². The number of hydrogen-bond donors (Lipinski definition) is 1. The summed E-state index contributed by atoms with van der Waals surface area (Å²) in [7, 11) is 0. The fourth-order valence-corrected chi connectivity index (χ4v) is 2.66. The van der Waals surface area contributed by atoms with E-state index in [1.807, 2.05) is 43.3 Å². The van der Waals surface area contributed by atoms with E-state index in [0.717, 1.165) is 21.3 Å². The number of benzene rings is 2. The van der Waals surface area contributed by atoms with Crippen LogP contribution < -0.4 is 5.32 Å². The van der Waals surface area contributed by atoms with Crippen molar-refractivity contribution in [1.29, 1.82) is 0 Å². The van der Waals surface area contributed by atoms with Crippen LogP contribution in [0.15, 0.2) is 46.9 Å². The fraction of sp³-hybridized carbons (Fsp3) is 0.133. The molecule has 0 saturated heterocycles. The lowest BCUT2D eigenvalue weighted by Crippen LogP contribution is -2.13. The van der Waals surface area contributed by atoms with Crippen molar-refractivity contribution in [3.05, 3.63) is 63.6 Å². The molecule has 4 heteroatoms. The monoisotopic (exact) mass is 337 g/mol. The first kappa shape index (κ1) is 14.1. The summed E-state index contributed by atoms with van der Waals surface area (Å²) >= 11 is 9.25. The van der Waals surface area contributed by atoms with E-state index >= 15 is 0 Å². The molecule has 2 rings (SSSR count). The van der Waals surface area contributed by atoms with Crippen LogP contribution in [0, 0.1) is 6.92 Å². The molecule has 0 heterocycles. The van der Waals surface area contributed by atoms with Crippen molar-refractivity contribution in [1.82, 2.24) is 0 Å². The van der Waals surface area contributed by atoms with Gasteiger partial charge in [0.15, 0.2) is 0 Å². The third-order valence-corrected chi connectivity index (χ3v) is 3.46. The van der Waals surface area contributed by atoms with Crippen LogP contribution in [-0.4, -0.2) is 5.91 Å². The molecule has 0 spiro atoms. The van der Waals surface area contributed by atoms with Gasteiger partial charge in [0.1, 0.15) is 0 Å². The third-order valence-electron chi connectivity index (χ3n) is 2.71. The van der Waals surface area contributed by atoms with Crippen LogP contribution in [0.2, 0.25) is 0 Å². The molecule has 1 N–H and O–H groups in total. The Balaban J connectivity index is 2.25. The van der Waals surface area contributed by atoms with E-state index in [1.165, 1.54) is 0 Å². The molecule has 1 amide bonds. The second-order valence-electron chi connectivity index (χ2n) is 4.26. The van der Waals surface area contributed by atoms with Crippen LogP contribution >= 0.6 is 27.5 Å². The van der Waals surface area contributed by atoms with Gasteiger partial charge in [-0.1, -0.05) is 34.1 Å². The fourth-order valence-electron chi connectivity index (χ4n) is 1.82. The minimum atomic E-state index is -0.137. The molecule has 0 bridgehead atoms. The molecule has 19 heavy (non-hydrogen) atoms. The maximum Gasteiger partial charge on any atom is 0.255 e. The summed E-state index contributed by atoms with van der Waals surface area (Å²) in [6.45, 7) is 1.95. The van der Waals surface area contributed by atoms with Gasteiger partial charge in [-0.05, 0) is 42.3 Å². The van der Waals surface area contributed by atoms with Crippen molar-refractivity contribution >= 4 is 39.1 Å². The molecule has 2 aromatic rings. The first-order chi connectivity index (χ1) is 9.10. The molecule has 0 aliphatic rings. The van der Waals surface area contributed by atoms with E-state index in [1.54, 1.807) is 6.07 Å².